The van der Waals surface area contributed by atoms with Crippen molar-refractivity contribution in [3.8, 4) is 0 Å². The van der Waals surface area contributed by atoms with Crippen molar-refractivity contribution in [1.82, 2.24) is 0 Å². The summed E-state index contributed by atoms with van der Waals surface area (Å²) in [5, 5.41) is 0. The minimum Gasteiger partial charge on any atom is -0.438 e. The first-order valence-electron chi connectivity index (χ1n) is 4.91. The molecule has 0 radical (unpaired) electrons. The molecule has 1 unspecified atom stereocenters. The van der Waals surface area contributed by atoms with Gasteiger partial charge in [0, 0.05) is 0 Å². The number of hydrogen-bond donors (Lipinski definition) is 0. The minimum atomic E-state index is -0.581. The van der Waals surface area contributed by atoms with Crippen LogP contribution in [0.3, 0.4) is 0 Å². The van der Waals surface area contributed by atoms with E-state index in [0.717, 1.165) is 6.42 Å². The summed E-state index contributed by atoms with van der Waals surface area (Å²) in [7, 11) is 1.32. The first-order valence-corrected chi connectivity index (χ1v) is 4.91. The van der Waals surface area contributed by atoms with Crippen molar-refractivity contribution in [3.63, 3.8) is 0 Å². The Hall–Kier alpha value is -0.730. The van der Waals surface area contributed by atoms with Crippen molar-refractivity contribution in [2.45, 2.75) is 39.5 Å². The Bertz CT molecular complexity index is 134. The molecule has 0 fully saturated rings. The molecule has 3 nitrogen and oxygen atoms in total. The number of hydrogen-bond acceptors (Lipinski definition) is 3. The Morgan fingerprint density at radius 3 is 2.62 bits per heavy atom. The van der Waals surface area contributed by atoms with Gasteiger partial charge in [-0.3, -0.25) is 0 Å². The lowest BCUT2D eigenvalue weighted by atomic mass is 10.0. The zero-order valence-corrected chi connectivity index (χ0v) is 8.84. The van der Waals surface area contributed by atoms with E-state index in [1.54, 1.807) is 0 Å². The van der Waals surface area contributed by atoms with Crippen LogP contribution in [0.1, 0.15) is 39.5 Å². The molecule has 0 bridgehead atoms. The fourth-order valence-corrected chi connectivity index (χ4v) is 1.10. The van der Waals surface area contributed by atoms with Crippen LogP contribution in [0.25, 0.3) is 0 Å². The molecule has 0 amide bonds. The average molecular weight is 188 g/mol. The maximum Gasteiger partial charge on any atom is 0.507 e. The fourth-order valence-electron chi connectivity index (χ4n) is 1.10. The maximum atomic E-state index is 10.6. The lowest BCUT2D eigenvalue weighted by Gasteiger charge is -2.09. The van der Waals surface area contributed by atoms with Crippen molar-refractivity contribution < 1.29 is 14.3 Å². The summed E-state index contributed by atoms with van der Waals surface area (Å²) in [5.74, 6) is 0.629. The second-order valence-electron chi connectivity index (χ2n) is 3.34. The predicted octanol–water partition coefficient (Wildman–Crippen LogP) is 2.99. The van der Waals surface area contributed by atoms with Crippen molar-refractivity contribution in [2.24, 2.45) is 5.92 Å². The molecule has 0 N–H and O–H groups in total. The molecule has 0 aliphatic heterocycles. The molecule has 78 valence electrons. The van der Waals surface area contributed by atoms with Gasteiger partial charge in [0.05, 0.1) is 13.7 Å². The van der Waals surface area contributed by atoms with Gasteiger partial charge in [-0.15, -0.1) is 0 Å². The highest BCUT2D eigenvalue weighted by Gasteiger charge is 2.04. The number of ether oxygens (including phenoxy) is 2. The van der Waals surface area contributed by atoms with Crippen LogP contribution < -0.4 is 0 Å². The van der Waals surface area contributed by atoms with E-state index in [4.69, 9.17) is 4.74 Å². The van der Waals surface area contributed by atoms with Crippen molar-refractivity contribution >= 4 is 6.16 Å². The molecule has 1 atom stereocenters. The molecule has 3 heteroatoms. The van der Waals surface area contributed by atoms with Crippen LogP contribution >= 0.6 is 0 Å². The van der Waals surface area contributed by atoms with Gasteiger partial charge < -0.3 is 9.47 Å². The number of carbonyl (C=O) groups excluding carboxylic acids is 1. The third kappa shape index (κ3) is 7.62. The van der Waals surface area contributed by atoms with Gasteiger partial charge in [0.15, 0.2) is 0 Å². The van der Waals surface area contributed by atoms with Crippen LogP contribution in [0.5, 0.6) is 0 Å². The molecule has 13 heavy (non-hydrogen) atoms. The zero-order valence-electron chi connectivity index (χ0n) is 8.84. The molecule has 0 rings (SSSR count). The third-order valence-electron chi connectivity index (χ3n) is 2.05. The first-order chi connectivity index (χ1) is 6.20. The molecule has 0 saturated heterocycles. The van der Waals surface area contributed by atoms with Crippen molar-refractivity contribution in [1.29, 1.82) is 0 Å². The summed E-state index contributed by atoms with van der Waals surface area (Å²) < 4.78 is 9.13. The van der Waals surface area contributed by atoms with Crippen LogP contribution in [0.4, 0.5) is 4.79 Å². The number of methoxy groups -OCH3 is 1. The number of unbranched alkanes of at least 4 members (excludes halogenated alkanes) is 1. The van der Waals surface area contributed by atoms with Crippen LogP contribution in [0.2, 0.25) is 0 Å². The molecule has 0 aromatic carbocycles. The summed E-state index contributed by atoms with van der Waals surface area (Å²) >= 11 is 0. The largest absolute Gasteiger partial charge is 0.507 e. The highest BCUT2D eigenvalue weighted by molar-refractivity contribution is 5.59. The SMILES string of the molecule is CCCCC(C)CCOC(=O)OC. The highest BCUT2D eigenvalue weighted by Crippen LogP contribution is 2.11. The van der Waals surface area contributed by atoms with Crippen molar-refractivity contribution in [3.05, 3.63) is 0 Å². The van der Waals surface area contributed by atoms with Gasteiger partial charge in [0.2, 0.25) is 0 Å². The van der Waals surface area contributed by atoms with Gasteiger partial charge in [0.1, 0.15) is 0 Å². The molecular formula is C10H20O3. The molecule has 0 aromatic rings. The summed E-state index contributed by atoms with van der Waals surface area (Å²) in [4.78, 5) is 10.6. The van der Waals surface area contributed by atoms with E-state index in [1.165, 1.54) is 26.4 Å². The molecule has 0 saturated carbocycles. The van der Waals surface area contributed by atoms with Gasteiger partial charge in [-0.1, -0.05) is 33.1 Å². The standard InChI is InChI=1S/C10H20O3/c1-4-5-6-9(2)7-8-13-10(11)12-3/h9H,4-8H2,1-3H3. The second-order valence-corrected chi connectivity index (χ2v) is 3.34. The lowest BCUT2D eigenvalue weighted by Crippen LogP contribution is -2.08. The minimum absolute atomic E-state index is 0.470. The molecule has 0 spiro atoms. The van der Waals surface area contributed by atoms with Gasteiger partial charge in [0.25, 0.3) is 0 Å². The average Bonchev–Trinajstić information content (AvgIpc) is 2.14. The summed E-state index contributed by atoms with van der Waals surface area (Å²) in [5.41, 5.74) is 0. The third-order valence-corrected chi connectivity index (χ3v) is 2.05. The maximum absolute atomic E-state index is 10.6. The fraction of sp³-hybridized carbons (Fsp3) is 0.900. The Morgan fingerprint density at radius 2 is 2.08 bits per heavy atom. The monoisotopic (exact) mass is 188 g/mol. The Labute approximate surface area is 80.4 Å². The van der Waals surface area contributed by atoms with Crippen molar-refractivity contribution in [2.75, 3.05) is 13.7 Å². The summed E-state index contributed by atoms with van der Waals surface area (Å²) in [6.45, 7) is 4.82. The lowest BCUT2D eigenvalue weighted by molar-refractivity contribution is 0.0684. The normalized spacial score (nSPS) is 12.2. The molecule has 0 aromatic heterocycles. The van der Waals surface area contributed by atoms with Crippen LogP contribution in [0.15, 0.2) is 0 Å². The Morgan fingerprint density at radius 1 is 1.38 bits per heavy atom. The van der Waals surface area contributed by atoms with E-state index in [0.29, 0.717) is 12.5 Å². The van der Waals surface area contributed by atoms with E-state index in [9.17, 15) is 4.79 Å². The van der Waals surface area contributed by atoms with E-state index in [-0.39, 0.29) is 0 Å². The van der Waals surface area contributed by atoms with E-state index in [2.05, 4.69) is 18.6 Å². The van der Waals surface area contributed by atoms with Crippen LogP contribution in [-0.2, 0) is 9.47 Å². The highest BCUT2D eigenvalue weighted by atomic mass is 16.7. The van der Waals surface area contributed by atoms with Gasteiger partial charge >= 0.3 is 6.16 Å². The molecule has 0 aliphatic rings. The van der Waals surface area contributed by atoms with E-state index < -0.39 is 6.16 Å². The summed E-state index contributed by atoms with van der Waals surface area (Å²) in [6, 6.07) is 0. The second kappa shape index (κ2) is 7.90. The first kappa shape index (κ1) is 12.3. The molecule has 0 aliphatic carbocycles. The van der Waals surface area contributed by atoms with Crippen LogP contribution in [0, 0.1) is 5.92 Å². The zero-order chi connectivity index (χ0) is 10.1. The number of carbonyl (C=O) groups is 1. The van der Waals surface area contributed by atoms with Gasteiger partial charge in [-0.05, 0) is 12.3 Å². The quantitative estimate of drug-likeness (QED) is 0.601. The molecular weight excluding hydrogens is 168 g/mol. The summed E-state index contributed by atoms with van der Waals surface area (Å²) in [6.07, 6.45) is 4.03. The Kier molecular flexibility index (Phi) is 7.45. The number of rotatable bonds is 6. The molecule has 0 heterocycles. The van der Waals surface area contributed by atoms with Gasteiger partial charge in [-0.25, -0.2) is 4.79 Å². The predicted molar refractivity (Wildman–Crippen MR) is 51.7 cm³/mol. The topological polar surface area (TPSA) is 35.5 Å². The smallest absolute Gasteiger partial charge is 0.438 e. The van der Waals surface area contributed by atoms with Gasteiger partial charge in [-0.2, -0.15) is 0 Å². The van der Waals surface area contributed by atoms with E-state index in [1.807, 2.05) is 0 Å². The Balaban J connectivity index is 3.26. The van der Waals surface area contributed by atoms with Crippen LogP contribution in [-0.4, -0.2) is 19.9 Å². The van der Waals surface area contributed by atoms with E-state index >= 15 is 0 Å².